The van der Waals surface area contributed by atoms with Gasteiger partial charge in [-0.3, -0.25) is 0 Å². The van der Waals surface area contributed by atoms with Gasteiger partial charge in [-0.2, -0.15) is 27.0 Å². The summed E-state index contributed by atoms with van der Waals surface area (Å²) in [6.45, 7) is 1.54. The molecular formula is C26H37FO5S3. The van der Waals surface area contributed by atoms with Crippen LogP contribution in [0.5, 0.6) is 0 Å². The molecule has 1 aliphatic heterocycles. The maximum atomic E-state index is 13.2. The van der Waals surface area contributed by atoms with Gasteiger partial charge in [0.15, 0.2) is 0 Å². The fourth-order valence-electron chi connectivity index (χ4n) is 3.87. The monoisotopic (exact) mass is 544 g/mol. The number of aliphatic hydroxyl groups excluding tert-OH is 4. The minimum atomic E-state index is -1.41. The Kier molecular flexibility index (Phi) is 13.8. The summed E-state index contributed by atoms with van der Waals surface area (Å²) in [6.07, 6.45) is -5.21. The fraction of sp³-hybridized carbons (Fsp3) is 0.385. The zero-order chi connectivity index (χ0) is 22.1. The van der Waals surface area contributed by atoms with Crippen molar-refractivity contribution in [1.82, 2.24) is 0 Å². The fourth-order valence-corrected chi connectivity index (χ4v) is 4.90. The Hall–Kier alpha value is -1.43. The van der Waals surface area contributed by atoms with Crippen molar-refractivity contribution in [1.29, 1.82) is 0 Å². The molecule has 1 aromatic heterocycles. The summed E-state index contributed by atoms with van der Waals surface area (Å²) in [6, 6.07) is 16.2. The van der Waals surface area contributed by atoms with Gasteiger partial charge in [-0.15, -0.1) is 11.3 Å². The van der Waals surface area contributed by atoms with Gasteiger partial charge in [-0.25, -0.2) is 4.39 Å². The highest BCUT2D eigenvalue weighted by atomic mass is 32.1. The second kappa shape index (κ2) is 14.3. The van der Waals surface area contributed by atoms with Crippen LogP contribution in [0.25, 0.3) is 10.4 Å². The van der Waals surface area contributed by atoms with Crippen molar-refractivity contribution in [3.63, 3.8) is 0 Å². The second-order valence-corrected chi connectivity index (χ2v) is 9.05. The van der Waals surface area contributed by atoms with Gasteiger partial charge in [0.05, 0.1) is 6.61 Å². The van der Waals surface area contributed by atoms with Crippen LogP contribution in [-0.4, -0.2) is 51.4 Å². The molecule has 2 heterocycles. The smallest absolute Gasteiger partial charge is 0.123 e. The molecule has 35 heavy (non-hydrogen) atoms. The van der Waals surface area contributed by atoms with Crippen molar-refractivity contribution in [2.45, 2.75) is 58.7 Å². The normalized spacial score (nSPS) is 23.2. The molecule has 2 aromatic carbocycles. The van der Waals surface area contributed by atoms with Crippen molar-refractivity contribution >= 4 is 38.3 Å². The molecule has 1 fully saturated rings. The van der Waals surface area contributed by atoms with E-state index in [4.69, 9.17) is 4.74 Å². The molecular weight excluding hydrogens is 507 g/mol. The van der Waals surface area contributed by atoms with E-state index in [1.165, 1.54) is 12.1 Å². The molecule has 0 aliphatic carbocycles. The van der Waals surface area contributed by atoms with E-state index in [2.05, 4.69) is 0 Å². The first-order valence-electron chi connectivity index (χ1n) is 10.1. The molecule has 0 bridgehead atoms. The first-order valence-corrected chi connectivity index (χ1v) is 10.9. The van der Waals surface area contributed by atoms with Crippen LogP contribution in [-0.2, 0) is 11.2 Å². The van der Waals surface area contributed by atoms with E-state index < -0.39 is 37.1 Å². The van der Waals surface area contributed by atoms with Gasteiger partial charge in [-0.1, -0.05) is 45.2 Å². The SMILES string of the molecule is C.C.Cc1ccc([C@@H]2O[C@H](CO)[C@@H](O)[C@H](O)[C@H]2O)cc1Cc1ccc(-c2ccc(F)cc2)s1.S.S. The van der Waals surface area contributed by atoms with Gasteiger partial charge >= 0.3 is 0 Å². The molecule has 0 radical (unpaired) electrons. The number of benzene rings is 2. The first kappa shape index (κ1) is 33.6. The van der Waals surface area contributed by atoms with Gasteiger partial charge < -0.3 is 25.2 Å². The third kappa shape index (κ3) is 7.30. The molecule has 4 N–H and O–H groups in total. The van der Waals surface area contributed by atoms with E-state index in [1.807, 2.05) is 37.3 Å². The highest BCUT2D eigenvalue weighted by Gasteiger charge is 2.43. The summed E-state index contributed by atoms with van der Waals surface area (Å²) in [7, 11) is 0. The van der Waals surface area contributed by atoms with Gasteiger partial charge in [0.25, 0.3) is 0 Å². The Bertz CT molecular complexity index is 1040. The van der Waals surface area contributed by atoms with Crippen LogP contribution in [0.2, 0.25) is 0 Å². The predicted molar refractivity (Wildman–Crippen MR) is 151 cm³/mol. The lowest BCUT2D eigenvalue weighted by Crippen LogP contribution is -2.55. The molecule has 0 saturated carbocycles. The molecule has 196 valence electrons. The molecule has 1 aliphatic rings. The molecule has 1 saturated heterocycles. The molecule has 0 spiro atoms. The standard InChI is InChI=1S/C24H25FO5S.2CH4.2H2S/c1-13-2-3-15(24-23(29)22(28)21(27)19(12-26)30-24)10-16(13)11-18-8-9-20(31-18)14-4-6-17(25)7-5-14;;;;/h2-10,19,21-24,26-29H,11-12H2,1H3;2*1H4;2*1H2/t19-,21-,22+,23-,24+;;;;/m1..../s1. The highest BCUT2D eigenvalue weighted by molar-refractivity contribution is 7.59. The Labute approximate surface area is 225 Å². The lowest BCUT2D eigenvalue weighted by atomic mass is 9.89. The lowest BCUT2D eigenvalue weighted by Gasteiger charge is -2.40. The molecule has 3 aromatic rings. The Morgan fingerprint density at radius 2 is 1.54 bits per heavy atom. The number of rotatable bonds is 5. The zero-order valence-corrected chi connectivity index (χ0v) is 20.8. The van der Waals surface area contributed by atoms with Gasteiger partial charge in [0.2, 0.25) is 0 Å². The van der Waals surface area contributed by atoms with E-state index in [9.17, 15) is 24.8 Å². The predicted octanol–water partition coefficient (Wildman–Crippen LogP) is 4.47. The summed E-state index contributed by atoms with van der Waals surface area (Å²) in [5.74, 6) is -0.263. The number of aryl methyl sites for hydroxylation is 1. The number of hydrogen-bond acceptors (Lipinski definition) is 6. The van der Waals surface area contributed by atoms with E-state index >= 15 is 0 Å². The minimum absolute atomic E-state index is 0. The number of ether oxygens (including phenoxy) is 1. The Balaban J connectivity index is 0.00000289. The Morgan fingerprint density at radius 3 is 2.17 bits per heavy atom. The van der Waals surface area contributed by atoms with Crippen molar-refractivity contribution in [2.75, 3.05) is 6.61 Å². The van der Waals surface area contributed by atoms with Crippen LogP contribution in [0.1, 0.15) is 42.5 Å². The van der Waals surface area contributed by atoms with Crippen LogP contribution in [0.3, 0.4) is 0 Å². The summed E-state index contributed by atoms with van der Waals surface area (Å²) >= 11 is 1.63. The second-order valence-electron chi connectivity index (χ2n) is 7.89. The topological polar surface area (TPSA) is 90.2 Å². The van der Waals surface area contributed by atoms with E-state index in [-0.39, 0.29) is 47.7 Å². The van der Waals surface area contributed by atoms with E-state index in [0.717, 1.165) is 26.4 Å². The summed E-state index contributed by atoms with van der Waals surface area (Å²) < 4.78 is 18.9. The van der Waals surface area contributed by atoms with Gasteiger partial charge in [0, 0.05) is 16.2 Å². The van der Waals surface area contributed by atoms with Crippen molar-refractivity contribution in [3.05, 3.63) is 82.0 Å². The summed E-state index contributed by atoms with van der Waals surface area (Å²) in [5, 5.41) is 40.0. The Morgan fingerprint density at radius 1 is 0.886 bits per heavy atom. The molecule has 0 unspecified atom stereocenters. The maximum Gasteiger partial charge on any atom is 0.123 e. The number of hydrogen-bond donors (Lipinski definition) is 4. The lowest BCUT2D eigenvalue weighted by molar-refractivity contribution is -0.231. The zero-order valence-electron chi connectivity index (χ0n) is 18.0. The molecule has 5 atom stereocenters. The van der Waals surface area contributed by atoms with Gasteiger partial charge in [0.1, 0.15) is 36.3 Å². The third-order valence-corrected chi connectivity index (χ3v) is 6.88. The number of thiophene rings is 1. The highest BCUT2D eigenvalue weighted by Crippen LogP contribution is 2.35. The van der Waals surface area contributed by atoms with Crippen LogP contribution < -0.4 is 0 Å². The van der Waals surface area contributed by atoms with E-state index in [0.29, 0.717) is 12.0 Å². The summed E-state index contributed by atoms with van der Waals surface area (Å²) in [4.78, 5) is 2.19. The molecule has 5 nitrogen and oxygen atoms in total. The first-order chi connectivity index (χ1) is 14.9. The van der Waals surface area contributed by atoms with Crippen molar-refractivity contribution in [3.8, 4) is 10.4 Å². The van der Waals surface area contributed by atoms with E-state index in [1.54, 1.807) is 23.5 Å². The molecule has 0 amide bonds. The number of halogens is 1. The van der Waals surface area contributed by atoms with Crippen LogP contribution >= 0.6 is 38.3 Å². The number of aliphatic hydroxyl groups is 4. The van der Waals surface area contributed by atoms with Gasteiger partial charge in [-0.05, 0) is 53.4 Å². The molecule has 9 heteroatoms. The van der Waals surface area contributed by atoms with Crippen molar-refractivity contribution in [2.24, 2.45) is 0 Å². The van der Waals surface area contributed by atoms with Crippen LogP contribution in [0.4, 0.5) is 4.39 Å². The van der Waals surface area contributed by atoms with Crippen LogP contribution in [0, 0.1) is 12.7 Å². The average molecular weight is 545 g/mol. The van der Waals surface area contributed by atoms with Crippen molar-refractivity contribution < 1.29 is 29.6 Å². The average Bonchev–Trinajstić information content (AvgIpc) is 3.23. The quantitative estimate of drug-likeness (QED) is 0.381. The minimum Gasteiger partial charge on any atom is -0.394 e. The third-order valence-electron chi connectivity index (χ3n) is 5.75. The molecule has 4 rings (SSSR count). The maximum absolute atomic E-state index is 13.2. The largest absolute Gasteiger partial charge is 0.394 e. The van der Waals surface area contributed by atoms with Crippen LogP contribution in [0.15, 0.2) is 54.6 Å². The summed E-state index contributed by atoms with van der Waals surface area (Å²) in [5.41, 5.74) is 3.75.